The zero-order chi connectivity index (χ0) is 31.9. The number of carbonyl (C=O) groups is 4. The van der Waals surface area contributed by atoms with Crippen LogP contribution in [-0.4, -0.2) is 69.3 Å². The fourth-order valence-electron chi connectivity index (χ4n) is 5.49. The zero-order valence-electron chi connectivity index (χ0n) is 24.6. The number of phenolic OH excluding ortho intramolecular Hbond substituents is 1. The lowest BCUT2D eigenvalue weighted by Gasteiger charge is -2.28. The molecule has 4 amide bonds. The van der Waals surface area contributed by atoms with Gasteiger partial charge in [-0.15, -0.1) is 0 Å². The van der Waals surface area contributed by atoms with Crippen LogP contribution in [0.15, 0.2) is 97.2 Å². The zero-order valence-corrected chi connectivity index (χ0v) is 24.6. The number of carbonyl (C=O) groups excluding carboxylic acids is 4. The van der Waals surface area contributed by atoms with Crippen LogP contribution < -0.4 is 22.1 Å². The van der Waals surface area contributed by atoms with Gasteiger partial charge in [-0.05, 0) is 41.3 Å². The predicted octanol–water partition coefficient (Wildman–Crippen LogP) is 1.45. The Morgan fingerprint density at radius 1 is 0.867 bits per heavy atom. The number of para-hydroxylation sites is 1. The molecule has 4 atom stereocenters. The summed E-state index contributed by atoms with van der Waals surface area (Å²) in [6.45, 7) is 0.181. The van der Waals surface area contributed by atoms with Crippen molar-refractivity contribution in [3.63, 3.8) is 0 Å². The first-order valence-corrected chi connectivity index (χ1v) is 14.7. The molecular formula is C34H36N6O5. The molecule has 5 rings (SSSR count). The molecule has 4 aromatic rings. The van der Waals surface area contributed by atoms with Gasteiger partial charge in [-0.2, -0.15) is 0 Å². The Balaban J connectivity index is 1.33. The lowest BCUT2D eigenvalue weighted by atomic mass is 10.0. The number of nitrogens with two attached hydrogens (primary N) is 2. The second-order valence-corrected chi connectivity index (χ2v) is 11.1. The smallest absolute Gasteiger partial charge is 0.247 e. The Morgan fingerprint density at radius 2 is 1.56 bits per heavy atom. The molecule has 232 valence electrons. The summed E-state index contributed by atoms with van der Waals surface area (Å²) in [4.78, 5) is 57.7. The molecule has 2 heterocycles. The molecule has 11 nitrogen and oxygen atoms in total. The molecule has 3 aromatic carbocycles. The Morgan fingerprint density at radius 3 is 2.29 bits per heavy atom. The number of benzene rings is 3. The maximum Gasteiger partial charge on any atom is 0.247 e. The monoisotopic (exact) mass is 608 g/mol. The number of primary amides is 1. The van der Waals surface area contributed by atoms with Crippen molar-refractivity contribution < 1.29 is 24.3 Å². The number of nitrogens with one attached hydrogen (secondary N) is 3. The third kappa shape index (κ3) is 7.57. The number of aromatic nitrogens is 1. The summed E-state index contributed by atoms with van der Waals surface area (Å²) < 4.78 is 0. The first-order valence-electron chi connectivity index (χ1n) is 14.7. The minimum absolute atomic E-state index is 0.104. The Bertz CT molecular complexity index is 1700. The molecule has 0 spiro atoms. The quantitative estimate of drug-likeness (QED) is 0.132. The highest BCUT2D eigenvalue weighted by Crippen LogP contribution is 2.20. The predicted molar refractivity (Wildman–Crippen MR) is 170 cm³/mol. The number of nitrogens with zero attached hydrogens (tertiary/aromatic N) is 1. The van der Waals surface area contributed by atoms with Gasteiger partial charge in [-0.1, -0.05) is 72.8 Å². The van der Waals surface area contributed by atoms with E-state index in [0.717, 1.165) is 27.6 Å². The molecule has 0 radical (unpaired) electrons. The molecule has 0 saturated carbocycles. The van der Waals surface area contributed by atoms with Crippen LogP contribution >= 0.6 is 0 Å². The third-order valence-electron chi connectivity index (χ3n) is 7.89. The van der Waals surface area contributed by atoms with Gasteiger partial charge in [0, 0.05) is 36.5 Å². The molecule has 1 aromatic heterocycles. The average molecular weight is 609 g/mol. The second kappa shape index (κ2) is 13.9. The largest absolute Gasteiger partial charge is 0.508 e. The fraction of sp³-hybridized carbons (Fsp3) is 0.235. The molecule has 11 heteroatoms. The summed E-state index contributed by atoms with van der Waals surface area (Å²) in [5.74, 6) is -2.18. The minimum Gasteiger partial charge on any atom is -0.508 e. The highest BCUT2D eigenvalue weighted by atomic mass is 16.3. The van der Waals surface area contributed by atoms with E-state index >= 15 is 0 Å². The van der Waals surface area contributed by atoms with Gasteiger partial charge < -0.3 is 37.1 Å². The SMILES string of the molecule is NC(=O)[C@H](Cc1ccccc1)NC(=O)[C@H](Cc1c[nH]c2ccccc12)NC(=O)[C@@H]1C=CCN1C(=O)[C@@H](N)Cc1ccc(O)cc1. The van der Waals surface area contributed by atoms with Crippen molar-refractivity contribution in [2.24, 2.45) is 11.5 Å². The maximum atomic E-state index is 13.7. The Kier molecular flexibility index (Phi) is 9.59. The number of phenols is 1. The summed E-state index contributed by atoms with van der Waals surface area (Å²) in [6, 6.07) is 19.1. The van der Waals surface area contributed by atoms with Crippen molar-refractivity contribution in [2.45, 2.75) is 43.4 Å². The first-order chi connectivity index (χ1) is 21.7. The highest BCUT2D eigenvalue weighted by Gasteiger charge is 2.35. The maximum absolute atomic E-state index is 13.7. The molecule has 1 aliphatic heterocycles. The summed E-state index contributed by atoms with van der Waals surface area (Å²) in [7, 11) is 0. The van der Waals surface area contributed by atoms with Crippen molar-refractivity contribution in [3.8, 4) is 5.75 Å². The molecule has 0 aliphatic carbocycles. The van der Waals surface area contributed by atoms with Crippen LogP contribution in [-0.2, 0) is 38.4 Å². The molecular weight excluding hydrogens is 572 g/mol. The summed E-state index contributed by atoms with van der Waals surface area (Å²) >= 11 is 0. The number of aromatic hydroxyl groups is 1. The van der Waals surface area contributed by atoms with Crippen molar-refractivity contribution in [2.75, 3.05) is 6.54 Å². The number of fused-ring (bicyclic) bond motifs is 1. The van der Waals surface area contributed by atoms with Crippen molar-refractivity contribution in [3.05, 3.63) is 114 Å². The third-order valence-corrected chi connectivity index (χ3v) is 7.89. The first kappa shape index (κ1) is 31.0. The number of aromatic amines is 1. The Labute approximate surface area is 260 Å². The van der Waals surface area contributed by atoms with Gasteiger partial charge in [0.25, 0.3) is 0 Å². The van der Waals surface area contributed by atoms with Gasteiger partial charge in [-0.25, -0.2) is 0 Å². The lowest BCUT2D eigenvalue weighted by Crippen LogP contribution is -2.58. The molecule has 8 N–H and O–H groups in total. The highest BCUT2D eigenvalue weighted by molar-refractivity contribution is 5.96. The van der Waals surface area contributed by atoms with Gasteiger partial charge in [0.1, 0.15) is 23.9 Å². The van der Waals surface area contributed by atoms with Gasteiger partial charge in [-0.3, -0.25) is 19.2 Å². The number of amides is 4. The van der Waals surface area contributed by atoms with E-state index in [0.29, 0.717) is 0 Å². The van der Waals surface area contributed by atoms with Gasteiger partial charge in [0.05, 0.1) is 6.04 Å². The number of rotatable bonds is 12. The van der Waals surface area contributed by atoms with Crippen LogP contribution in [0.5, 0.6) is 5.75 Å². The topological polar surface area (TPSA) is 184 Å². The molecule has 0 fully saturated rings. The van der Waals surface area contributed by atoms with E-state index in [9.17, 15) is 24.3 Å². The second-order valence-electron chi connectivity index (χ2n) is 11.1. The summed E-state index contributed by atoms with van der Waals surface area (Å²) in [6.07, 6.45) is 5.59. The Hall–Kier alpha value is -5.42. The number of hydrogen-bond acceptors (Lipinski definition) is 6. The van der Waals surface area contributed by atoms with Crippen LogP contribution in [0.3, 0.4) is 0 Å². The van der Waals surface area contributed by atoms with E-state index in [1.807, 2.05) is 54.6 Å². The normalized spacial score (nSPS) is 16.2. The minimum atomic E-state index is -1.09. The molecule has 1 aliphatic rings. The van der Waals surface area contributed by atoms with Crippen LogP contribution in [0.1, 0.15) is 16.7 Å². The molecule has 0 unspecified atom stereocenters. The van der Waals surface area contributed by atoms with Gasteiger partial charge in [0.2, 0.25) is 23.6 Å². The van der Waals surface area contributed by atoms with E-state index < -0.39 is 47.8 Å². The summed E-state index contributed by atoms with van der Waals surface area (Å²) in [5.41, 5.74) is 15.1. The summed E-state index contributed by atoms with van der Waals surface area (Å²) in [5, 5.41) is 16.0. The standard InChI is InChI=1S/C34H36N6O5/c35-26(17-22-12-14-24(41)15-13-22)34(45)40-16-6-11-30(40)33(44)39-29(19-23-20-37-27-10-5-4-9-25(23)27)32(43)38-28(31(36)42)18-21-7-2-1-3-8-21/h1-15,20,26,28-30,37,41H,16-19,35H2,(H2,36,42)(H,38,43)(H,39,44)/t26-,28-,29-,30-/m0/s1. The van der Waals surface area contributed by atoms with E-state index in [1.165, 1.54) is 17.0 Å². The van der Waals surface area contributed by atoms with Crippen molar-refractivity contribution in [1.82, 2.24) is 20.5 Å². The van der Waals surface area contributed by atoms with Crippen LogP contribution in [0.4, 0.5) is 0 Å². The van der Waals surface area contributed by atoms with E-state index in [-0.39, 0.29) is 31.6 Å². The molecule has 0 saturated heterocycles. The van der Waals surface area contributed by atoms with Crippen LogP contribution in [0.25, 0.3) is 10.9 Å². The van der Waals surface area contributed by atoms with E-state index in [4.69, 9.17) is 11.5 Å². The van der Waals surface area contributed by atoms with Gasteiger partial charge in [0.15, 0.2) is 0 Å². The van der Waals surface area contributed by atoms with Crippen LogP contribution in [0.2, 0.25) is 0 Å². The van der Waals surface area contributed by atoms with E-state index in [2.05, 4.69) is 15.6 Å². The van der Waals surface area contributed by atoms with Crippen molar-refractivity contribution >= 4 is 34.5 Å². The average Bonchev–Trinajstić information content (AvgIpc) is 3.69. The van der Waals surface area contributed by atoms with E-state index in [1.54, 1.807) is 30.5 Å². The van der Waals surface area contributed by atoms with Crippen molar-refractivity contribution in [1.29, 1.82) is 0 Å². The molecule has 0 bridgehead atoms. The fourth-order valence-corrected chi connectivity index (χ4v) is 5.49. The number of H-pyrrole nitrogens is 1. The number of hydrogen-bond donors (Lipinski definition) is 6. The lowest BCUT2D eigenvalue weighted by molar-refractivity contribution is -0.139. The van der Waals surface area contributed by atoms with Crippen LogP contribution in [0, 0.1) is 0 Å². The molecule has 45 heavy (non-hydrogen) atoms. The van der Waals surface area contributed by atoms with Gasteiger partial charge >= 0.3 is 0 Å².